The molecular formula is C17H26FNO2. The molecule has 1 rings (SSSR count). The molecule has 0 atom stereocenters. The summed E-state index contributed by atoms with van der Waals surface area (Å²) in [5.41, 5.74) is 0.318. The Morgan fingerprint density at radius 3 is 2.62 bits per heavy atom. The number of rotatable bonds is 9. The number of hydrogen-bond acceptors (Lipinski definition) is 3. The number of methoxy groups -OCH3 is 1. The summed E-state index contributed by atoms with van der Waals surface area (Å²) in [7, 11) is 1.49. The van der Waals surface area contributed by atoms with Gasteiger partial charge in [0.05, 0.1) is 19.2 Å². The molecule has 0 unspecified atom stereocenters. The first-order valence-electron chi connectivity index (χ1n) is 7.60. The Morgan fingerprint density at radius 2 is 2.05 bits per heavy atom. The molecular weight excluding hydrogens is 269 g/mol. The first kappa shape index (κ1) is 17.6. The summed E-state index contributed by atoms with van der Waals surface area (Å²) < 4.78 is 18.5. The van der Waals surface area contributed by atoms with Gasteiger partial charge in [-0.2, -0.15) is 0 Å². The van der Waals surface area contributed by atoms with Crippen LogP contribution in [0, 0.1) is 5.82 Å². The standard InChI is InChI=1S/C17H26FNO2/c1-5-6-7-10-19(13(2)3)12-16(20)15-11-14(18)8-9-17(15)21-4/h8-9,11,13H,5-7,10,12H2,1-4H3. The zero-order valence-corrected chi connectivity index (χ0v) is 13.5. The fourth-order valence-electron chi connectivity index (χ4n) is 2.25. The van der Waals surface area contributed by atoms with Crippen molar-refractivity contribution in [2.24, 2.45) is 0 Å². The van der Waals surface area contributed by atoms with E-state index >= 15 is 0 Å². The van der Waals surface area contributed by atoms with Gasteiger partial charge in [-0.05, 0) is 45.0 Å². The van der Waals surface area contributed by atoms with Crippen molar-refractivity contribution in [1.29, 1.82) is 0 Å². The van der Waals surface area contributed by atoms with Crippen LogP contribution in [0.1, 0.15) is 50.4 Å². The molecule has 1 aromatic rings. The fourth-order valence-corrected chi connectivity index (χ4v) is 2.25. The van der Waals surface area contributed by atoms with E-state index in [0.29, 0.717) is 17.9 Å². The number of nitrogens with zero attached hydrogens (tertiary/aromatic N) is 1. The molecule has 0 radical (unpaired) electrons. The van der Waals surface area contributed by atoms with E-state index in [-0.39, 0.29) is 11.8 Å². The normalized spacial score (nSPS) is 11.2. The van der Waals surface area contributed by atoms with Gasteiger partial charge in [0.15, 0.2) is 5.78 Å². The third kappa shape index (κ3) is 5.46. The van der Waals surface area contributed by atoms with Crippen LogP contribution in [0.3, 0.4) is 0 Å². The van der Waals surface area contributed by atoms with Gasteiger partial charge in [-0.25, -0.2) is 4.39 Å². The van der Waals surface area contributed by atoms with E-state index in [9.17, 15) is 9.18 Å². The fraction of sp³-hybridized carbons (Fsp3) is 0.588. The Labute approximate surface area is 127 Å². The lowest BCUT2D eigenvalue weighted by molar-refractivity contribution is 0.0900. The van der Waals surface area contributed by atoms with E-state index in [2.05, 4.69) is 25.7 Å². The van der Waals surface area contributed by atoms with Crippen LogP contribution in [0.5, 0.6) is 5.75 Å². The lowest BCUT2D eigenvalue weighted by atomic mass is 10.1. The summed E-state index contributed by atoms with van der Waals surface area (Å²) in [6.07, 6.45) is 3.38. The van der Waals surface area contributed by atoms with Crippen molar-refractivity contribution in [2.45, 2.75) is 46.1 Å². The number of carbonyl (C=O) groups is 1. The monoisotopic (exact) mass is 295 g/mol. The van der Waals surface area contributed by atoms with Gasteiger partial charge in [0.2, 0.25) is 0 Å². The molecule has 0 aliphatic rings. The van der Waals surface area contributed by atoms with Crippen molar-refractivity contribution in [3.05, 3.63) is 29.6 Å². The highest BCUT2D eigenvalue weighted by molar-refractivity contribution is 6.00. The average molecular weight is 295 g/mol. The van der Waals surface area contributed by atoms with Crippen LogP contribution in [0.4, 0.5) is 4.39 Å². The number of carbonyl (C=O) groups excluding carboxylic acids is 1. The lowest BCUT2D eigenvalue weighted by Gasteiger charge is -2.26. The van der Waals surface area contributed by atoms with E-state index < -0.39 is 5.82 Å². The number of benzene rings is 1. The van der Waals surface area contributed by atoms with Gasteiger partial charge in [0.1, 0.15) is 11.6 Å². The van der Waals surface area contributed by atoms with Gasteiger partial charge < -0.3 is 4.74 Å². The van der Waals surface area contributed by atoms with Crippen molar-refractivity contribution in [3.8, 4) is 5.75 Å². The molecule has 0 aliphatic heterocycles. The predicted octanol–water partition coefficient (Wildman–Crippen LogP) is 3.92. The van der Waals surface area contributed by atoms with Crippen LogP contribution in [0.15, 0.2) is 18.2 Å². The van der Waals surface area contributed by atoms with Crippen molar-refractivity contribution in [3.63, 3.8) is 0 Å². The summed E-state index contributed by atoms with van der Waals surface area (Å²) in [4.78, 5) is 14.6. The molecule has 4 heteroatoms. The Hall–Kier alpha value is -1.42. The predicted molar refractivity (Wildman–Crippen MR) is 83.5 cm³/mol. The van der Waals surface area contributed by atoms with Crippen molar-refractivity contribution in [2.75, 3.05) is 20.2 Å². The molecule has 0 bridgehead atoms. The number of hydrogen-bond donors (Lipinski definition) is 0. The molecule has 0 spiro atoms. The molecule has 0 N–H and O–H groups in total. The number of unbranched alkanes of at least 4 members (excludes halogenated alkanes) is 2. The van der Waals surface area contributed by atoms with Crippen LogP contribution in [0.25, 0.3) is 0 Å². The van der Waals surface area contributed by atoms with Crippen molar-refractivity contribution in [1.82, 2.24) is 4.90 Å². The van der Waals surface area contributed by atoms with E-state index in [1.807, 2.05) is 0 Å². The summed E-state index contributed by atoms with van der Waals surface area (Å²) >= 11 is 0. The first-order valence-corrected chi connectivity index (χ1v) is 7.60. The van der Waals surface area contributed by atoms with Gasteiger partial charge in [0, 0.05) is 6.04 Å². The van der Waals surface area contributed by atoms with Crippen LogP contribution in [-0.4, -0.2) is 36.9 Å². The zero-order chi connectivity index (χ0) is 15.8. The van der Waals surface area contributed by atoms with E-state index in [1.54, 1.807) is 0 Å². The Balaban J connectivity index is 2.79. The SMILES string of the molecule is CCCCCN(CC(=O)c1cc(F)ccc1OC)C(C)C. The first-order chi connectivity index (χ1) is 9.99. The second-order valence-electron chi connectivity index (χ2n) is 5.54. The smallest absolute Gasteiger partial charge is 0.180 e. The topological polar surface area (TPSA) is 29.5 Å². The van der Waals surface area contributed by atoms with Gasteiger partial charge in [-0.15, -0.1) is 0 Å². The third-order valence-electron chi connectivity index (χ3n) is 3.59. The molecule has 0 aliphatic carbocycles. The molecule has 3 nitrogen and oxygen atoms in total. The molecule has 118 valence electrons. The van der Waals surface area contributed by atoms with E-state index in [0.717, 1.165) is 25.8 Å². The molecule has 0 saturated carbocycles. The molecule has 0 amide bonds. The van der Waals surface area contributed by atoms with Crippen LogP contribution in [0.2, 0.25) is 0 Å². The van der Waals surface area contributed by atoms with Crippen LogP contribution >= 0.6 is 0 Å². The maximum Gasteiger partial charge on any atom is 0.180 e. The number of ether oxygens (including phenoxy) is 1. The largest absolute Gasteiger partial charge is 0.496 e. The van der Waals surface area contributed by atoms with E-state index in [1.165, 1.54) is 25.3 Å². The van der Waals surface area contributed by atoms with Gasteiger partial charge in [-0.3, -0.25) is 9.69 Å². The molecule has 0 heterocycles. The van der Waals surface area contributed by atoms with E-state index in [4.69, 9.17) is 4.74 Å². The second-order valence-corrected chi connectivity index (χ2v) is 5.54. The van der Waals surface area contributed by atoms with Crippen molar-refractivity contribution < 1.29 is 13.9 Å². The summed E-state index contributed by atoms with van der Waals surface area (Å²) in [6.45, 7) is 7.47. The quantitative estimate of drug-likeness (QED) is 0.511. The Morgan fingerprint density at radius 1 is 1.33 bits per heavy atom. The Kier molecular flexibility index (Phi) is 7.37. The molecule has 21 heavy (non-hydrogen) atoms. The zero-order valence-electron chi connectivity index (χ0n) is 13.5. The molecule has 0 saturated heterocycles. The summed E-state index contributed by atoms with van der Waals surface area (Å²) in [5.74, 6) is -0.0866. The molecule has 1 aromatic carbocycles. The maximum atomic E-state index is 13.4. The summed E-state index contributed by atoms with van der Waals surface area (Å²) in [5, 5.41) is 0. The van der Waals surface area contributed by atoms with Gasteiger partial charge in [0.25, 0.3) is 0 Å². The molecule has 0 fully saturated rings. The lowest BCUT2D eigenvalue weighted by Crippen LogP contribution is -2.36. The highest BCUT2D eigenvalue weighted by atomic mass is 19.1. The number of Topliss-reactive ketones (excluding diaryl/α,β-unsaturated/α-hetero) is 1. The van der Waals surface area contributed by atoms with Crippen LogP contribution < -0.4 is 4.74 Å². The highest BCUT2D eigenvalue weighted by Crippen LogP contribution is 2.20. The maximum absolute atomic E-state index is 13.4. The van der Waals surface area contributed by atoms with Crippen LogP contribution in [-0.2, 0) is 0 Å². The minimum atomic E-state index is -0.416. The number of halogens is 1. The Bertz CT molecular complexity index is 460. The van der Waals surface area contributed by atoms with Crippen molar-refractivity contribution >= 4 is 5.78 Å². The van der Waals surface area contributed by atoms with Gasteiger partial charge >= 0.3 is 0 Å². The third-order valence-corrected chi connectivity index (χ3v) is 3.59. The number of ketones is 1. The average Bonchev–Trinajstić information content (AvgIpc) is 2.46. The second kappa shape index (κ2) is 8.78. The highest BCUT2D eigenvalue weighted by Gasteiger charge is 2.18. The minimum absolute atomic E-state index is 0.100. The van der Waals surface area contributed by atoms with Gasteiger partial charge in [-0.1, -0.05) is 19.8 Å². The molecule has 0 aromatic heterocycles. The minimum Gasteiger partial charge on any atom is -0.496 e. The summed E-state index contributed by atoms with van der Waals surface area (Å²) in [6, 6.07) is 4.34.